The van der Waals surface area contributed by atoms with Crippen molar-refractivity contribution in [2.45, 2.75) is 32.4 Å². The summed E-state index contributed by atoms with van der Waals surface area (Å²) in [4.78, 5) is 41.8. The molecule has 0 saturated heterocycles. The van der Waals surface area contributed by atoms with E-state index in [0.717, 1.165) is 22.5 Å². The number of para-hydroxylation sites is 1. The molecule has 182 valence electrons. The fraction of sp³-hybridized carbons (Fsp3) is 0.207. The Morgan fingerprint density at radius 3 is 2.28 bits per heavy atom. The van der Waals surface area contributed by atoms with E-state index in [1.54, 1.807) is 24.3 Å². The number of allylic oxidation sites excluding steroid dienone is 2. The second kappa shape index (κ2) is 8.95. The number of rotatable bonds is 5. The van der Waals surface area contributed by atoms with Gasteiger partial charge >= 0.3 is 11.1 Å². The number of ketones is 1. The molecule has 0 aliphatic carbocycles. The number of likely N-dealkylation sites (N-methyl/N-ethyl adjacent to an activating group) is 1. The van der Waals surface area contributed by atoms with Crippen LogP contribution in [0.4, 0.5) is 5.69 Å². The summed E-state index contributed by atoms with van der Waals surface area (Å²) in [6.07, 6.45) is 1.58. The topological polar surface area (TPSA) is 64.3 Å². The maximum absolute atomic E-state index is 13.3. The van der Waals surface area contributed by atoms with E-state index in [0.29, 0.717) is 16.1 Å². The Hall–Kier alpha value is -3.90. The molecule has 0 N–H and O–H groups in total. The maximum Gasteiger partial charge on any atom is 0.317 e. The molecule has 0 radical (unpaired) electrons. The second-order valence-electron chi connectivity index (χ2n) is 9.60. The summed E-state index contributed by atoms with van der Waals surface area (Å²) < 4.78 is 2.67. The van der Waals surface area contributed by atoms with Crippen LogP contribution in [0.5, 0.6) is 0 Å². The number of benzene rings is 3. The Morgan fingerprint density at radius 1 is 0.889 bits per heavy atom. The van der Waals surface area contributed by atoms with Gasteiger partial charge in [-0.2, -0.15) is 0 Å². The van der Waals surface area contributed by atoms with Crippen LogP contribution in [-0.2, 0) is 23.3 Å². The van der Waals surface area contributed by atoms with Gasteiger partial charge in [0.05, 0.1) is 24.1 Å². The summed E-state index contributed by atoms with van der Waals surface area (Å²) in [7, 11) is 1.93. The predicted molar refractivity (Wildman–Crippen MR) is 144 cm³/mol. The summed E-state index contributed by atoms with van der Waals surface area (Å²) in [6.45, 7) is 4.12. The Bertz CT molecular complexity index is 1650. The first-order chi connectivity index (χ1) is 17.2. The minimum atomic E-state index is -0.755. The number of carbonyl (C=O) groups is 1. The third-order valence-corrected chi connectivity index (χ3v) is 7.16. The summed E-state index contributed by atoms with van der Waals surface area (Å²) in [5, 5.41) is 0.415. The van der Waals surface area contributed by atoms with Crippen LogP contribution >= 0.6 is 11.6 Å². The molecular weight excluding hydrogens is 474 g/mol. The van der Waals surface area contributed by atoms with Gasteiger partial charge in [0, 0.05) is 34.9 Å². The highest BCUT2D eigenvalue weighted by molar-refractivity contribution is 6.31. The van der Waals surface area contributed by atoms with Crippen LogP contribution in [0.1, 0.15) is 25.0 Å². The molecule has 0 saturated carbocycles. The molecule has 36 heavy (non-hydrogen) atoms. The van der Waals surface area contributed by atoms with Crippen LogP contribution in [0.3, 0.4) is 0 Å². The molecule has 0 amide bonds. The van der Waals surface area contributed by atoms with E-state index in [4.69, 9.17) is 11.6 Å². The Labute approximate surface area is 213 Å². The maximum atomic E-state index is 13.3. The van der Waals surface area contributed by atoms with Crippen molar-refractivity contribution in [1.82, 2.24) is 9.13 Å². The molecule has 7 heteroatoms. The quantitative estimate of drug-likeness (QED) is 0.294. The first-order valence-electron chi connectivity index (χ1n) is 11.7. The zero-order valence-corrected chi connectivity index (χ0v) is 21.1. The lowest BCUT2D eigenvalue weighted by molar-refractivity contribution is -0.115. The average Bonchev–Trinajstić information content (AvgIpc) is 3.06. The van der Waals surface area contributed by atoms with Gasteiger partial charge in [-0.05, 0) is 35.4 Å². The molecule has 1 aromatic heterocycles. The lowest BCUT2D eigenvalue weighted by Gasteiger charge is -2.24. The molecule has 3 aromatic carbocycles. The van der Waals surface area contributed by atoms with Crippen molar-refractivity contribution in [3.05, 3.63) is 121 Å². The largest absolute Gasteiger partial charge is 0.347 e. The van der Waals surface area contributed by atoms with Crippen molar-refractivity contribution in [3.8, 4) is 0 Å². The lowest BCUT2D eigenvalue weighted by atomic mass is 9.83. The number of aromatic nitrogens is 2. The molecular formula is C29H26ClN3O3. The molecule has 1 aliphatic rings. The molecule has 0 spiro atoms. The zero-order valence-electron chi connectivity index (χ0n) is 20.4. The molecule has 0 unspecified atom stereocenters. The van der Waals surface area contributed by atoms with E-state index in [-0.39, 0.29) is 24.3 Å². The Kier molecular flexibility index (Phi) is 5.92. The van der Waals surface area contributed by atoms with Gasteiger partial charge in [-0.15, -0.1) is 0 Å². The standard InChI is InChI=1S/C29H26ClN3O3/c1-29(2)22-11-7-8-12-23(22)31(3)26(29)16-21(34)18-33-25-15-20(30)13-14-24(25)32(27(35)28(33)36)17-19-9-5-4-6-10-19/h4-16H,17-18H2,1-3H3. The summed E-state index contributed by atoms with van der Waals surface area (Å²) in [5.74, 6) is -0.277. The smallest absolute Gasteiger partial charge is 0.317 e. The number of halogens is 1. The SMILES string of the molecule is CN1C(=CC(=O)Cn2c(=O)c(=O)n(Cc3ccccc3)c3ccc(Cl)cc32)C(C)(C)c2ccccc21. The Morgan fingerprint density at radius 2 is 1.56 bits per heavy atom. The van der Waals surface area contributed by atoms with Gasteiger partial charge in [0.1, 0.15) is 0 Å². The fourth-order valence-electron chi connectivity index (χ4n) is 5.08. The number of anilines is 1. The van der Waals surface area contributed by atoms with Crippen LogP contribution in [-0.4, -0.2) is 22.0 Å². The molecule has 5 rings (SSSR count). The highest BCUT2D eigenvalue weighted by Gasteiger charge is 2.38. The molecule has 1 aliphatic heterocycles. The van der Waals surface area contributed by atoms with Crippen molar-refractivity contribution < 1.29 is 4.79 Å². The van der Waals surface area contributed by atoms with E-state index >= 15 is 0 Å². The summed E-state index contributed by atoms with van der Waals surface area (Å²) in [6, 6.07) is 22.5. The minimum Gasteiger partial charge on any atom is -0.347 e. The molecule has 0 fully saturated rings. The highest BCUT2D eigenvalue weighted by atomic mass is 35.5. The van der Waals surface area contributed by atoms with E-state index in [1.807, 2.05) is 60.5 Å². The number of nitrogens with zero attached hydrogens (tertiary/aromatic N) is 3. The first-order valence-corrected chi connectivity index (χ1v) is 12.1. The van der Waals surface area contributed by atoms with Crippen LogP contribution in [0, 0.1) is 0 Å². The average molecular weight is 500 g/mol. The van der Waals surface area contributed by atoms with Gasteiger partial charge < -0.3 is 4.90 Å². The molecule has 6 nitrogen and oxygen atoms in total. The van der Waals surface area contributed by atoms with Crippen LogP contribution in [0.15, 0.2) is 94.2 Å². The van der Waals surface area contributed by atoms with Gasteiger partial charge in [-0.1, -0.05) is 74.0 Å². The van der Waals surface area contributed by atoms with Crippen molar-refractivity contribution in [2.24, 2.45) is 0 Å². The third-order valence-electron chi connectivity index (χ3n) is 6.93. The summed E-state index contributed by atoms with van der Waals surface area (Å²) in [5.41, 5.74) is 3.06. The fourth-order valence-corrected chi connectivity index (χ4v) is 5.25. The molecule has 0 atom stereocenters. The molecule has 0 bridgehead atoms. The minimum absolute atomic E-state index is 0.239. The highest BCUT2D eigenvalue weighted by Crippen LogP contribution is 2.46. The monoisotopic (exact) mass is 499 g/mol. The predicted octanol–water partition coefficient (Wildman–Crippen LogP) is 4.75. The van der Waals surface area contributed by atoms with Gasteiger partial charge in [0.15, 0.2) is 5.78 Å². The van der Waals surface area contributed by atoms with Gasteiger partial charge in [0.2, 0.25) is 0 Å². The van der Waals surface area contributed by atoms with Crippen LogP contribution in [0.25, 0.3) is 11.0 Å². The Balaban J connectivity index is 1.58. The van der Waals surface area contributed by atoms with E-state index in [9.17, 15) is 14.4 Å². The van der Waals surface area contributed by atoms with Gasteiger partial charge in [-0.3, -0.25) is 23.5 Å². The van der Waals surface area contributed by atoms with Crippen LogP contribution in [0.2, 0.25) is 5.02 Å². The molecule has 4 aromatic rings. The number of carbonyl (C=O) groups excluding carboxylic acids is 1. The lowest BCUT2D eigenvalue weighted by Crippen LogP contribution is -2.42. The first kappa shape index (κ1) is 23.8. The second-order valence-corrected chi connectivity index (χ2v) is 10.0. The van der Waals surface area contributed by atoms with Crippen LogP contribution < -0.4 is 16.0 Å². The van der Waals surface area contributed by atoms with E-state index in [2.05, 4.69) is 19.9 Å². The zero-order chi connectivity index (χ0) is 25.6. The van der Waals surface area contributed by atoms with Gasteiger partial charge in [-0.25, -0.2) is 0 Å². The third kappa shape index (κ3) is 3.97. The van der Waals surface area contributed by atoms with Crippen molar-refractivity contribution in [1.29, 1.82) is 0 Å². The van der Waals surface area contributed by atoms with Crippen molar-refractivity contribution >= 4 is 34.1 Å². The van der Waals surface area contributed by atoms with Crippen molar-refractivity contribution in [2.75, 3.05) is 11.9 Å². The van der Waals surface area contributed by atoms with E-state index < -0.39 is 11.1 Å². The van der Waals surface area contributed by atoms with E-state index in [1.165, 1.54) is 9.13 Å². The van der Waals surface area contributed by atoms with Gasteiger partial charge in [0.25, 0.3) is 0 Å². The normalized spacial score (nSPS) is 15.4. The number of fused-ring (bicyclic) bond motifs is 2. The number of hydrogen-bond acceptors (Lipinski definition) is 4. The summed E-state index contributed by atoms with van der Waals surface area (Å²) >= 11 is 6.27. The number of hydrogen-bond donors (Lipinski definition) is 0. The molecule has 2 heterocycles. The van der Waals surface area contributed by atoms with Crippen molar-refractivity contribution in [3.63, 3.8) is 0 Å².